The predicted molar refractivity (Wildman–Crippen MR) is 98.6 cm³/mol. The number of rotatable bonds is 4. The highest BCUT2D eigenvalue weighted by molar-refractivity contribution is 5.94. The third-order valence-electron chi connectivity index (χ3n) is 4.71. The van der Waals surface area contributed by atoms with Crippen molar-refractivity contribution in [2.75, 3.05) is 33.2 Å². The molecular weight excluding hydrogens is 330 g/mol. The number of aryl methyl sites for hydroxylation is 1. The molecule has 0 radical (unpaired) electrons. The summed E-state index contributed by atoms with van der Waals surface area (Å²) in [6, 6.07) is 8.87. The molecule has 0 aliphatic carbocycles. The van der Waals surface area contributed by atoms with E-state index in [-0.39, 0.29) is 11.8 Å². The van der Waals surface area contributed by atoms with Gasteiger partial charge in [-0.3, -0.25) is 14.3 Å². The lowest BCUT2D eigenvalue weighted by atomic mass is 10.1. The summed E-state index contributed by atoms with van der Waals surface area (Å²) in [5.74, 6) is 0.0480. The fourth-order valence-corrected chi connectivity index (χ4v) is 3.31. The van der Waals surface area contributed by atoms with Crippen LogP contribution in [0.1, 0.15) is 28.4 Å². The topological polar surface area (TPSA) is 70.5 Å². The van der Waals surface area contributed by atoms with E-state index in [1.807, 2.05) is 53.4 Å². The van der Waals surface area contributed by atoms with Gasteiger partial charge in [-0.25, -0.2) is 0 Å². The molecule has 1 saturated heterocycles. The maximum atomic E-state index is 13.0. The van der Waals surface area contributed by atoms with E-state index >= 15 is 0 Å². The molecular formula is C19H25N5O2. The minimum Gasteiger partial charge on any atom is -0.339 e. The van der Waals surface area contributed by atoms with Gasteiger partial charge in [0.2, 0.25) is 5.91 Å². The van der Waals surface area contributed by atoms with Crippen molar-refractivity contribution in [3.8, 4) is 0 Å². The lowest BCUT2D eigenvalue weighted by molar-refractivity contribution is -0.133. The predicted octanol–water partition coefficient (Wildman–Crippen LogP) is 1.06. The second-order valence-electron chi connectivity index (χ2n) is 6.51. The van der Waals surface area contributed by atoms with E-state index in [4.69, 9.17) is 0 Å². The highest BCUT2D eigenvalue weighted by Crippen LogP contribution is 2.17. The average Bonchev–Trinajstić information content (AvgIpc) is 2.94. The van der Waals surface area contributed by atoms with E-state index in [1.165, 1.54) is 0 Å². The molecule has 2 heterocycles. The van der Waals surface area contributed by atoms with Gasteiger partial charge < -0.3 is 15.1 Å². The van der Waals surface area contributed by atoms with Crippen molar-refractivity contribution in [3.63, 3.8) is 0 Å². The Bertz CT molecular complexity index is 758. The molecule has 7 heteroatoms. The summed E-state index contributed by atoms with van der Waals surface area (Å²) < 4.78 is 1.69. The Morgan fingerprint density at radius 2 is 1.77 bits per heavy atom. The first kappa shape index (κ1) is 18.1. The SMILES string of the molecule is CNC(C(=O)N1CCCN(C(=O)c2ccccc2)CC1)c1cnn(C)c1. The van der Waals surface area contributed by atoms with Gasteiger partial charge in [-0.2, -0.15) is 5.10 Å². The van der Waals surface area contributed by atoms with Crippen LogP contribution in [0.2, 0.25) is 0 Å². The number of benzene rings is 1. The molecule has 1 aromatic heterocycles. The van der Waals surface area contributed by atoms with Crippen LogP contribution in [-0.4, -0.2) is 64.6 Å². The van der Waals surface area contributed by atoms with Gasteiger partial charge in [0.1, 0.15) is 6.04 Å². The van der Waals surface area contributed by atoms with Gasteiger partial charge in [0, 0.05) is 50.6 Å². The van der Waals surface area contributed by atoms with Crippen LogP contribution in [0.25, 0.3) is 0 Å². The maximum Gasteiger partial charge on any atom is 0.253 e. The van der Waals surface area contributed by atoms with Gasteiger partial charge in [0.05, 0.1) is 6.20 Å². The number of amides is 2. The highest BCUT2D eigenvalue weighted by Gasteiger charge is 2.28. The normalized spacial score (nSPS) is 16.2. The molecule has 0 spiro atoms. The fourth-order valence-electron chi connectivity index (χ4n) is 3.31. The molecule has 1 N–H and O–H groups in total. The number of hydrogen-bond acceptors (Lipinski definition) is 4. The highest BCUT2D eigenvalue weighted by atomic mass is 16.2. The van der Waals surface area contributed by atoms with Gasteiger partial charge in [0.25, 0.3) is 5.91 Å². The Morgan fingerprint density at radius 1 is 1.08 bits per heavy atom. The number of likely N-dealkylation sites (N-methyl/N-ethyl adjacent to an activating group) is 1. The van der Waals surface area contributed by atoms with E-state index in [2.05, 4.69) is 10.4 Å². The standard InChI is InChI=1S/C19H25N5O2/c1-20-17(16-13-21-22(2)14-16)19(26)24-10-6-9-23(11-12-24)18(25)15-7-4-3-5-8-15/h3-5,7-8,13-14,17,20H,6,9-12H2,1-2H3. The molecule has 0 saturated carbocycles. The quantitative estimate of drug-likeness (QED) is 0.890. The molecule has 1 aromatic carbocycles. The third-order valence-corrected chi connectivity index (χ3v) is 4.71. The Labute approximate surface area is 153 Å². The Balaban J connectivity index is 1.66. The summed E-state index contributed by atoms with van der Waals surface area (Å²) in [4.78, 5) is 29.3. The molecule has 0 bridgehead atoms. The third kappa shape index (κ3) is 3.94. The van der Waals surface area contributed by atoms with Crippen molar-refractivity contribution in [1.82, 2.24) is 24.9 Å². The van der Waals surface area contributed by atoms with Crippen molar-refractivity contribution in [2.24, 2.45) is 7.05 Å². The van der Waals surface area contributed by atoms with E-state index < -0.39 is 6.04 Å². The summed E-state index contributed by atoms with van der Waals surface area (Å²) in [6.45, 7) is 2.39. The Kier molecular flexibility index (Phi) is 5.68. The molecule has 1 aliphatic heterocycles. The second kappa shape index (κ2) is 8.14. The number of nitrogens with one attached hydrogen (secondary N) is 1. The first-order valence-corrected chi connectivity index (χ1v) is 8.89. The molecule has 7 nitrogen and oxygen atoms in total. The van der Waals surface area contributed by atoms with E-state index in [0.717, 1.165) is 12.0 Å². The smallest absolute Gasteiger partial charge is 0.253 e. The second-order valence-corrected chi connectivity index (χ2v) is 6.51. The van der Waals surface area contributed by atoms with Gasteiger partial charge in [0.15, 0.2) is 0 Å². The fraction of sp³-hybridized carbons (Fsp3) is 0.421. The van der Waals surface area contributed by atoms with E-state index in [1.54, 1.807) is 17.9 Å². The van der Waals surface area contributed by atoms with E-state index in [0.29, 0.717) is 31.7 Å². The lowest BCUT2D eigenvalue weighted by Crippen LogP contribution is -2.42. The molecule has 1 atom stereocenters. The van der Waals surface area contributed by atoms with Gasteiger partial charge in [-0.15, -0.1) is 0 Å². The zero-order valence-corrected chi connectivity index (χ0v) is 15.3. The molecule has 1 unspecified atom stereocenters. The van der Waals surface area contributed by atoms with Crippen LogP contribution in [0.4, 0.5) is 0 Å². The Hall–Kier alpha value is -2.67. The number of hydrogen-bond donors (Lipinski definition) is 1. The van der Waals surface area contributed by atoms with Crippen LogP contribution in [0.5, 0.6) is 0 Å². The number of aromatic nitrogens is 2. The Morgan fingerprint density at radius 3 is 2.42 bits per heavy atom. The molecule has 1 fully saturated rings. The van der Waals surface area contributed by atoms with Crippen LogP contribution < -0.4 is 5.32 Å². The number of carbonyl (C=O) groups is 2. The summed E-state index contributed by atoms with van der Waals surface area (Å²) in [5, 5.41) is 7.24. The van der Waals surface area contributed by atoms with Crippen molar-refractivity contribution in [1.29, 1.82) is 0 Å². The molecule has 138 valence electrons. The van der Waals surface area contributed by atoms with Crippen LogP contribution in [0.3, 0.4) is 0 Å². The number of nitrogens with zero attached hydrogens (tertiary/aromatic N) is 4. The van der Waals surface area contributed by atoms with E-state index in [9.17, 15) is 9.59 Å². The summed E-state index contributed by atoms with van der Waals surface area (Å²) >= 11 is 0. The van der Waals surface area contributed by atoms with Crippen LogP contribution >= 0.6 is 0 Å². The van der Waals surface area contributed by atoms with Crippen LogP contribution in [0.15, 0.2) is 42.7 Å². The molecule has 2 amide bonds. The molecule has 26 heavy (non-hydrogen) atoms. The summed E-state index contributed by atoms with van der Waals surface area (Å²) in [7, 11) is 3.61. The molecule has 3 rings (SSSR count). The minimum atomic E-state index is -0.417. The first-order valence-electron chi connectivity index (χ1n) is 8.89. The first-order chi connectivity index (χ1) is 12.6. The molecule has 2 aromatic rings. The molecule has 1 aliphatic rings. The lowest BCUT2D eigenvalue weighted by Gasteiger charge is -2.26. The maximum absolute atomic E-state index is 13.0. The summed E-state index contributed by atoms with van der Waals surface area (Å²) in [5.41, 5.74) is 1.54. The van der Waals surface area contributed by atoms with Crippen molar-refractivity contribution >= 4 is 11.8 Å². The average molecular weight is 355 g/mol. The van der Waals surface area contributed by atoms with Gasteiger partial charge in [-0.05, 0) is 25.6 Å². The monoisotopic (exact) mass is 355 g/mol. The van der Waals surface area contributed by atoms with Crippen LogP contribution in [-0.2, 0) is 11.8 Å². The van der Waals surface area contributed by atoms with Crippen LogP contribution in [0, 0.1) is 0 Å². The zero-order chi connectivity index (χ0) is 18.5. The largest absolute Gasteiger partial charge is 0.339 e. The minimum absolute atomic E-state index is 0.0227. The van der Waals surface area contributed by atoms with Crippen molar-refractivity contribution in [3.05, 3.63) is 53.9 Å². The zero-order valence-electron chi connectivity index (χ0n) is 15.3. The van der Waals surface area contributed by atoms with Gasteiger partial charge >= 0.3 is 0 Å². The van der Waals surface area contributed by atoms with Gasteiger partial charge in [-0.1, -0.05) is 18.2 Å². The van der Waals surface area contributed by atoms with Crippen molar-refractivity contribution in [2.45, 2.75) is 12.5 Å². The van der Waals surface area contributed by atoms with Crippen molar-refractivity contribution < 1.29 is 9.59 Å². The summed E-state index contributed by atoms with van der Waals surface area (Å²) in [6.07, 6.45) is 4.33. The number of carbonyl (C=O) groups excluding carboxylic acids is 2.